The largest absolute Gasteiger partial charge is 0.368 e. The van der Waals surface area contributed by atoms with Gasteiger partial charge in [-0.05, 0) is 44.4 Å². The van der Waals surface area contributed by atoms with Gasteiger partial charge in [0.2, 0.25) is 11.7 Å². The Balaban J connectivity index is 1.24. The van der Waals surface area contributed by atoms with E-state index >= 15 is 0 Å². The number of amides is 1. The Morgan fingerprint density at radius 3 is 2.96 bits per heavy atom. The molecule has 8 nitrogen and oxygen atoms in total. The molecule has 0 radical (unpaired) electrons. The van der Waals surface area contributed by atoms with Gasteiger partial charge in [0.15, 0.2) is 0 Å². The molecule has 0 aromatic carbocycles. The SMILES string of the molecule is O=C([C@@H]1CCCN1)N1CCC(OCc2nc(-c3cccnc3)no2)CC1. The zero-order valence-electron chi connectivity index (χ0n) is 14.6. The fourth-order valence-electron chi connectivity index (χ4n) is 3.47. The van der Waals surface area contributed by atoms with E-state index in [-0.39, 0.29) is 24.7 Å². The zero-order valence-corrected chi connectivity index (χ0v) is 14.6. The van der Waals surface area contributed by atoms with Crippen molar-refractivity contribution in [3.63, 3.8) is 0 Å². The third-order valence-corrected chi connectivity index (χ3v) is 4.94. The molecule has 138 valence electrons. The van der Waals surface area contributed by atoms with Crippen molar-refractivity contribution in [2.45, 2.75) is 44.4 Å². The molecule has 8 heteroatoms. The van der Waals surface area contributed by atoms with Crippen LogP contribution in [-0.4, -0.2) is 57.7 Å². The van der Waals surface area contributed by atoms with E-state index in [0.717, 1.165) is 50.9 Å². The lowest BCUT2D eigenvalue weighted by Gasteiger charge is -2.33. The van der Waals surface area contributed by atoms with Crippen molar-refractivity contribution in [1.82, 2.24) is 25.3 Å². The molecular formula is C18H23N5O3. The Morgan fingerprint density at radius 2 is 2.23 bits per heavy atom. The molecule has 0 spiro atoms. The Bertz CT molecular complexity index is 721. The normalized spacial score (nSPS) is 21.2. The van der Waals surface area contributed by atoms with Crippen molar-refractivity contribution >= 4 is 5.91 Å². The van der Waals surface area contributed by atoms with Crippen molar-refractivity contribution in [1.29, 1.82) is 0 Å². The van der Waals surface area contributed by atoms with Crippen molar-refractivity contribution < 1.29 is 14.1 Å². The molecule has 2 aromatic rings. The first-order valence-corrected chi connectivity index (χ1v) is 9.16. The molecule has 26 heavy (non-hydrogen) atoms. The van der Waals surface area contributed by atoms with Crippen LogP contribution in [-0.2, 0) is 16.1 Å². The summed E-state index contributed by atoms with van der Waals surface area (Å²) in [4.78, 5) is 22.8. The summed E-state index contributed by atoms with van der Waals surface area (Å²) < 4.78 is 11.2. The molecular weight excluding hydrogens is 334 g/mol. The summed E-state index contributed by atoms with van der Waals surface area (Å²) in [5.74, 6) is 1.21. The van der Waals surface area contributed by atoms with Crippen LogP contribution in [0.4, 0.5) is 0 Å². The van der Waals surface area contributed by atoms with Gasteiger partial charge in [0, 0.05) is 31.0 Å². The number of carbonyl (C=O) groups is 1. The molecule has 0 bridgehead atoms. The highest BCUT2D eigenvalue weighted by Crippen LogP contribution is 2.19. The molecule has 4 heterocycles. The molecule has 0 unspecified atom stereocenters. The van der Waals surface area contributed by atoms with Crippen LogP contribution in [0.25, 0.3) is 11.4 Å². The Hall–Kier alpha value is -2.32. The standard InChI is InChI=1S/C18H23N5O3/c24-18(15-4-2-8-20-15)23-9-5-14(6-10-23)25-12-16-21-17(22-26-16)13-3-1-7-19-11-13/h1,3,7,11,14-15,20H,2,4-6,8-10,12H2/t15-/m0/s1. The highest BCUT2D eigenvalue weighted by molar-refractivity contribution is 5.82. The number of carbonyl (C=O) groups excluding carboxylic acids is 1. The second-order valence-corrected chi connectivity index (χ2v) is 6.74. The quantitative estimate of drug-likeness (QED) is 0.864. The summed E-state index contributed by atoms with van der Waals surface area (Å²) in [7, 11) is 0. The van der Waals surface area contributed by atoms with Crippen LogP contribution in [0, 0.1) is 0 Å². The topological polar surface area (TPSA) is 93.4 Å². The average Bonchev–Trinajstić information content (AvgIpc) is 3.39. The minimum Gasteiger partial charge on any atom is -0.368 e. The minimum atomic E-state index is 0.0109. The fourth-order valence-corrected chi connectivity index (χ4v) is 3.47. The maximum atomic E-state index is 12.4. The number of piperidine rings is 1. The molecule has 2 saturated heterocycles. The van der Waals surface area contributed by atoms with Gasteiger partial charge in [-0.15, -0.1) is 0 Å². The van der Waals surface area contributed by atoms with E-state index in [1.165, 1.54) is 0 Å². The predicted molar refractivity (Wildman–Crippen MR) is 92.9 cm³/mol. The number of rotatable bonds is 5. The number of hydrogen-bond donors (Lipinski definition) is 1. The first-order valence-electron chi connectivity index (χ1n) is 9.16. The van der Waals surface area contributed by atoms with E-state index in [1.807, 2.05) is 17.0 Å². The second-order valence-electron chi connectivity index (χ2n) is 6.74. The predicted octanol–water partition coefficient (Wildman–Crippen LogP) is 1.39. The molecule has 1 atom stereocenters. The van der Waals surface area contributed by atoms with E-state index in [2.05, 4.69) is 20.4 Å². The van der Waals surface area contributed by atoms with Gasteiger partial charge in [0.25, 0.3) is 5.89 Å². The maximum absolute atomic E-state index is 12.4. The first-order chi connectivity index (χ1) is 12.8. The third kappa shape index (κ3) is 3.91. The van der Waals surface area contributed by atoms with Crippen LogP contribution in [0.1, 0.15) is 31.6 Å². The van der Waals surface area contributed by atoms with Crippen molar-refractivity contribution in [2.75, 3.05) is 19.6 Å². The van der Waals surface area contributed by atoms with Crippen LogP contribution in [0.5, 0.6) is 0 Å². The number of pyridine rings is 1. The summed E-state index contributed by atoms with van der Waals surface area (Å²) in [5, 5.41) is 7.24. The Morgan fingerprint density at radius 1 is 1.35 bits per heavy atom. The summed E-state index contributed by atoms with van der Waals surface area (Å²) >= 11 is 0. The molecule has 2 aliphatic heterocycles. The first kappa shape index (κ1) is 17.1. The van der Waals surface area contributed by atoms with Crippen molar-refractivity contribution in [2.24, 2.45) is 0 Å². The average molecular weight is 357 g/mol. The van der Waals surface area contributed by atoms with Gasteiger partial charge in [-0.1, -0.05) is 5.16 Å². The third-order valence-electron chi connectivity index (χ3n) is 4.94. The number of aromatic nitrogens is 3. The monoisotopic (exact) mass is 357 g/mol. The van der Waals surface area contributed by atoms with Gasteiger partial charge in [0.05, 0.1) is 12.1 Å². The highest BCUT2D eigenvalue weighted by Gasteiger charge is 2.30. The lowest BCUT2D eigenvalue weighted by Crippen LogP contribution is -2.48. The van der Waals surface area contributed by atoms with Crippen LogP contribution >= 0.6 is 0 Å². The molecule has 0 aliphatic carbocycles. The number of nitrogens with one attached hydrogen (secondary N) is 1. The summed E-state index contributed by atoms with van der Waals surface area (Å²) in [5.41, 5.74) is 0.815. The highest BCUT2D eigenvalue weighted by atomic mass is 16.5. The van der Waals surface area contributed by atoms with Crippen LogP contribution in [0.15, 0.2) is 29.0 Å². The fraction of sp³-hybridized carbons (Fsp3) is 0.556. The van der Waals surface area contributed by atoms with Crippen molar-refractivity contribution in [3.8, 4) is 11.4 Å². The molecule has 1 N–H and O–H groups in total. The van der Waals surface area contributed by atoms with Gasteiger partial charge in [-0.2, -0.15) is 4.98 Å². The van der Waals surface area contributed by atoms with Gasteiger partial charge in [-0.3, -0.25) is 9.78 Å². The van der Waals surface area contributed by atoms with E-state index in [9.17, 15) is 4.79 Å². The maximum Gasteiger partial charge on any atom is 0.252 e. The van der Waals surface area contributed by atoms with Gasteiger partial charge < -0.3 is 19.5 Å². The number of likely N-dealkylation sites (tertiary alicyclic amines) is 1. The van der Waals surface area contributed by atoms with Crippen LogP contribution in [0.2, 0.25) is 0 Å². The van der Waals surface area contributed by atoms with E-state index in [1.54, 1.807) is 12.4 Å². The number of ether oxygens (including phenoxy) is 1. The minimum absolute atomic E-state index is 0.0109. The number of nitrogens with zero attached hydrogens (tertiary/aromatic N) is 4. The molecule has 2 fully saturated rings. The lowest BCUT2D eigenvalue weighted by molar-refractivity contribution is -0.136. The zero-order chi connectivity index (χ0) is 17.8. The molecule has 2 aliphatic rings. The molecule has 4 rings (SSSR count). The van der Waals surface area contributed by atoms with E-state index < -0.39 is 0 Å². The smallest absolute Gasteiger partial charge is 0.252 e. The summed E-state index contributed by atoms with van der Waals surface area (Å²) in [6.45, 7) is 2.72. The van der Waals surface area contributed by atoms with Crippen LogP contribution in [0.3, 0.4) is 0 Å². The van der Waals surface area contributed by atoms with Gasteiger partial charge in [0.1, 0.15) is 6.61 Å². The van der Waals surface area contributed by atoms with E-state index in [4.69, 9.17) is 9.26 Å². The summed E-state index contributed by atoms with van der Waals surface area (Å²) in [6.07, 6.45) is 7.22. The van der Waals surface area contributed by atoms with Gasteiger partial charge in [-0.25, -0.2) is 0 Å². The second kappa shape index (κ2) is 7.92. The van der Waals surface area contributed by atoms with E-state index in [0.29, 0.717) is 11.7 Å². The molecule has 0 saturated carbocycles. The Labute approximate surface area is 151 Å². The van der Waals surface area contributed by atoms with Crippen LogP contribution < -0.4 is 5.32 Å². The molecule has 1 amide bonds. The number of hydrogen-bond acceptors (Lipinski definition) is 7. The van der Waals surface area contributed by atoms with Gasteiger partial charge >= 0.3 is 0 Å². The lowest BCUT2D eigenvalue weighted by atomic mass is 10.1. The summed E-state index contributed by atoms with van der Waals surface area (Å²) in [6, 6.07) is 3.73. The Kier molecular flexibility index (Phi) is 5.21. The van der Waals surface area contributed by atoms with Crippen molar-refractivity contribution in [3.05, 3.63) is 30.4 Å². The molecule has 2 aromatic heterocycles.